The van der Waals surface area contributed by atoms with Crippen molar-refractivity contribution in [3.63, 3.8) is 0 Å². The molecule has 1 atom stereocenters. The molecule has 2 heterocycles. The summed E-state index contributed by atoms with van der Waals surface area (Å²) in [5, 5.41) is 4.93. The van der Waals surface area contributed by atoms with E-state index in [-0.39, 0.29) is 0 Å². The van der Waals surface area contributed by atoms with Gasteiger partial charge in [0.1, 0.15) is 0 Å². The molecule has 2 heteroatoms. The number of hydrogen-bond acceptors (Lipinski definition) is 1. The van der Waals surface area contributed by atoms with Gasteiger partial charge in [0.05, 0.1) is 44.6 Å². The van der Waals surface area contributed by atoms with Crippen molar-refractivity contribution >= 4 is 49.6 Å². The van der Waals surface area contributed by atoms with Crippen LogP contribution >= 0.6 is 0 Å². The van der Waals surface area contributed by atoms with Crippen molar-refractivity contribution in [2.75, 3.05) is 4.90 Å². The lowest BCUT2D eigenvalue weighted by molar-refractivity contribution is 0.749. The third-order valence-corrected chi connectivity index (χ3v) is 18.1. The molecule has 80 heavy (non-hydrogen) atoms. The van der Waals surface area contributed by atoms with Crippen LogP contribution in [0.1, 0.15) is 44.5 Å². The summed E-state index contributed by atoms with van der Waals surface area (Å²) in [5.74, 6) is 0. The summed E-state index contributed by atoms with van der Waals surface area (Å²) in [6.07, 6.45) is 0. The van der Waals surface area contributed by atoms with Gasteiger partial charge in [-0.15, -0.1) is 0 Å². The molecule has 2 aliphatic carbocycles. The third kappa shape index (κ3) is 5.92. The quantitative estimate of drug-likeness (QED) is 0.154. The van der Waals surface area contributed by atoms with Gasteiger partial charge in [0.2, 0.25) is 0 Å². The number of para-hydroxylation sites is 4. The molecule has 1 aliphatic heterocycles. The number of hydrogen-bond donors (Lipinski definition) is 0. The molecular formula is C78H50N2. The second kappa shape index (κ2) is 17.1. The molecule has 17 rings (SSSR count). The van der Waals surface area contributed by atoms with E-state index in [1.807, 2.05) is 0 Å². The maximum Gasteiger partial charge on any atom is 0.0754 e. The summed E-state index contributed by atoms with van der Waals surface area (Å²) in [6.45, 7) is 0. The van der Waals surface area contributed by atoms with Crippen LogP contribution in [0.5, 0.6) is 0 Å². The highest BCUT2D eigenvalue weighted by Crippen LogP contribution is 2.63. The zero-order chi connectivity index (χ0) is 52.5. The minimum absolute atomic E-state index is 0.561. The highest BCUT2D eigenvalue weighted by molar-refractivity contribution is 6.14. The molecule has 0 bridgehead atoms. The Morgan fingerprint density at radius 2 is 0.787 bits per heavy atom. The fraction of sp³-hybridized carbons (Fsp3) is 0.0256. The molecule has 0 fully saturated rings. The zero-order valence-electron chi connectivity index (χ0n) is 43.8. The lowest BCUT2D eigenvalue weighted by atomic mass is 9.65. The summed E-state index contributed by atoms with van der Waals surface area (Å²) in [4.78, 5) is 2.57. The summed E-state index contributed by atoms with van der Waals surface area (Å²) >= 11 is 0. The van der Waals surface area contributed by atoms with Crippen molar-refractivity contribution in [1.29, 1.82) is 0 Å². The van der Waals surface area contributed by atoms with Gasteiger partial charge in [-0.05, 0) is 120 Å². The van der Waals surface area contributed by atoms with E-state index in [0.717, 1.165) is 22.6 Å². The first-order chi connectivity index (χ1) is 39.7. The van der Waals surface area contributed by atoms with Gasteiger partial charge in [-0.3, -0.25) is 0 Å². The van der Waals surface area contributed by atoms with Crippen LogP contribution in [0.15, 0.2) is 303 Å². The van der Waals surface area contributed by atoms with Gasteiger partial charge in [0, 0.05) is 27.3 Å². The lowest BCUT2D eigenvalue weighted by Gasteiger charge is -2.39. The second-order valence-electron chi connectivity index (χ2n) is 21.8. The Morgan fingerprint density at radius 3 is 1.56 bits per heavy atom. The van der Waals surface area contributed by atoms with Crippen molar-refractivity contribution in [1.82, 2.24) is 4.57 Å². The zero-order valence-corrected chi connectivity index (χ0v) is 43.8. The Bertz CT molecular complexity index is 4800. The van der Waals surface area contributed by atoms with Gasteiger partial charge in [-0.2, -0.15) is 0 Å². The molecule has 0 saturated heterocycles. The van der Waals surface area contributed by atoms with E-state index in [1.54, 1.807) is 0 Å². The number of aromatic nitrogens is 1. The van der Waals surface area contributed by atoms with E-state index in [4.69, 9.17) is 0 Å². The van der Waals surface area contributed by atoms with Crippen molar-refractivity contribution < 1.29 is 0 Å². The first kappa shape index (κ1) is 44.8. The fourth-order valence-corrected chi connectivity index (χ4v) is 15.0. The summed E-state index contributed by atoms with van der Waals surface area (Å²) < 4.78 is 2.53. The molecule has 1 aromatic heterocycles. The van der Waals surface area contributed by atoms with Crippen LogP contribution in [0.25, 0.3) is 82.8 Å². The maximum atomic E-state index is 2.57. The van der Waals surface area contributed by atoms with Crippen LogP contribution < -0.4 is 4.90 Å². The van der Waals surface area contributed by atoms with E-state index >= 15 is 0 Å². The number of benzene rings is 13. The molecule has 0 amide bonds. The topological polar surface area (TPSA) is 8.17 Å². The number of rotatable bonds is 7. The summed E-state index contributed by atoms with van der Waals surface area (Å²) in [6, 6.07) is 114. The third-order valence-electron chi connectivity index (χ3n) is 18.1. The molecule has 13 aromatic carbocycles. The lowest BCUT2D eigenvalue weighted by Crippen LogP contribution is -2.33. The Labute approximate surface area is 465 Å². The fourth-order valence-electron chi connectivity index (χ4n) is 15.0. The van der Waals surface area contributed by atoms with Gasteiger partial charge in [-0.1, -0.05) is 267 Å². The average molecular weight is 1020 g/mol. The van der Waals surface area contributed by atoms with Crippen LogP contribution in [0, 0.1) is 0 Å². The van der Waals surface area contributed by atoms with Crippen molar-refractivity contribution in [3.8, 4) is 50.2 Å². The van der Waals surface area contributed by atoms with Crippen LogP contribution in [0.4, 0.5) is 17.1 Å². The van der Waals surface area contributed by atoms with E-state index in [9.17, 15) is 0 Å². The van der Waals surface area contributed by atoms with Gasteiger partial charge in [-0.25, -0.2) is 0 Å². The molecule has 0 saturated carbocycles. The van der Waals surface area contributed by atoms with Crippen molar-refractivity contribution in [2.24, 2.45) is 0 Å². The Hall–Kier alpha value is -10.3. The van der Waals surface area contributed by atoms with E-state index in [0.29, 0.717) is 0 Å². The van der Waals surface area contributed by atoms with Crippen LogP contribution in [-0.2, 0) is 10.8 Å². The van der Waals surface area contributed by atoms with E-state index < -0.39 is 10.8 Å². The Balaban J connectivity index is 0.923. The minimum Gasteiger partial charge on any atom is -0.309 e. The maximum absolute atomic E-state index is 2.57. The van der Waals surface area contributed by atoms with Gasteiger partial charge in [0.15, 0.2) is 0 Å². The number of fused-ring (bicyclic) bond motifs is 16. The van der Waals surface area contributed by atoms with Gasteiger partial charge < -0.3 is 9.47 Å². The Morgan fingerprint density at radius 1 is 0.263 bits per heavy atom. The molecule has 372 valence electrons. The average Bonchev–Trinajstić information content (AvgIpc) is 4.18. The molecule has 1 spiro atoms. The predicted octanol–water partition coefficient (Wildman–Crippen LogP) is 19.8. The highest BCUT2D eigenvalue weighted by atomic mass is 15.2. The Kier molecular flexibility index (Phi) is 9.58. The number of nitrogens with zero attached hydrogens (tertiary/aromatic N) is 2. The van der Waals surface area contributed by atoms with E-state index in [2.05, 4.69) is 313 Å². The number of anilines is 3. The first-order valence-corrected chi connectivity index (χ1v) is 27.9. The minimum atomic E-state index is -0.563. The standard InChI is InChI=1S/C78H50N2/c1-4-24-51(25-5-1)56-30-14-19-42-70(56)79(74-45-23-40-67-75(74)63-35-13-17-38-65(63)77(67,53-26-6-2-7-27-53)54-28-8-3-9-29-54)72-49-48-55(57-31-10-11-33-60(57)72)52-46-47-59-58-32-12-16-37-64(58)78(69(59)50-52)66-39-18-21-44-73(66)80-71-43-20-15-34-61(71)62-36-22-41-68(78)76(62)80/h1-50H. The van der Waals surface area contributed by atoms with Gasteiger partial charge >= 0.3 is 0 Å². The summed E-state index contributed by atoms with van der Waals surface area (Å²) in [5.41, 5.74) is 26.1. The smallest absolute Gasteiger partial charge is 0.0754 e. The normalized spacial score (nSPS) is 14.9. The van der Waals surface area contributed by atoms with Gasteiger partial charge in [0.25, 0.3) is 0 Å². The van der Waals surface area contributed by atoms with Crippen molar-refractivity contribution in [2.45, 2.75) is 10.8 Å². The van der Waals surface area contributed by atoms with Crippen LogP contribution in [-0.4, -0.2) is 4.57 Å². The molecular weight excluding hydrogens is 965 g/mol. The second-order valence-corrected chi connectivity index (χ2v) is 21.8. The van der Waals surface area contributed by atoms with E-state index in [1.165, 1.54) is 122 Å². The molecule has 0 N–H and O–H groups in total. The predicted molar refractivity (Wildman–Crippen MR) is 332 cm³/mol. The molecule has 1 unspecified atom stereocenters. The van der Waals surface area contributed by atoms with Crippen LogP contribution in [0.3, 0.4) is 0 Å². The largest absolute Gasteiger partial charge is 0.309 e. The molecule has 3 aliphatic rings. The SMILES string of the molecule is c1ccc(-c2ccccc2N(c2cccc3c2-c2ccccc2C3(c2ccccc2)c2ccccc2)c2ccc(-c3ccc4c(c3)C3(c5ccccc5-4)c4ccccc4-n4c5ccccc5c5cccc3c54)c3ccccc23)cc1. The summed E-state index contributed by atoms with van der Waals surface area (Å²) in [7, 11) is 0. The molecule has 14 aromatic rings. The first-order valence-electron chi connectivity index (χ1n) is 27.9. The van der Waals surface area contributed by atoms with Crippen molar-refractivity contribution in [3.05, 3.63) is 348 Å². The monoisotopic (exact) mass is 1010 g/mol. The molecule has 2 nitrogen and oxygen atoms in total. The molecule has 0 radical (unpaired) electrons. The van der Waals surface area contributed by atoms with Crippen LogP contribution in [0.2, 0.25) is 0 Å². The highest BCUT2D eigenvalue weighted by Gasteiger charge is 2.51.